The Morgan fingerprint density at radius 2 is 1.20 bits per heavy atom. The van der Waals surface area contributed by atoms with Gasteiger partial charge in [0.2, 0.25) is 0 Å². The Morgan fingerprint density at radius 3 is 1.96 bits per heavy atom. The van der Waals surface area contributed by atoms with Crippen molar-refractivity contribution in [2.75, 3.05) is 0 Å². The molecule has 0 amide bonds. The Bertz CT molecular complexity index is 2650. The van der Waals surface area contributed by atoms with Crippen LogP contribution < -0.4 is 0 Å². The van der Waals surface area contributed by atoms with Crippen LogP contribution in [0.4, 0.5) is 0 Å². The second-order valence-corrected chi connectivity index (χ2v) is 12.2. The fraction of sp³-hybridized carbons (Fsp3) is 0. The van der Waals surface area contributed by atoms with Crippen LogP contribution in [0.1, 0.15) is 5.56 Å². The van der Waals surface area contributed by atoms with E-state index in [1.165, 1.54) is 0 Å². The third-order valence-electron chi connectivity index (χ3n) is 8.38. The van der Waals surface area contributed by atoms with Gasteiger partial charge < -0.3 is 4.42 Å². The molecular formula is C40H22N4OS. The van der Waals surface area contributed by atoms with Crippen molar-refractivity contribution in [1.29, 1.82) is 5.26 Å². The highest BCUT2D eigenvalue weighted by molar-refractivity contribution is 7.26. The molecule has 0 radical (unpaired) electrons. The maximum atomic E-state index is 9.67. The lowest BCUT2D eigenvalue weighted by Gasteiger charge is -2.09. The van der Waals surface area contributed by atoms with Gasteiger partial charge in [-0.3, -0.25) is 0 Å². The molecule has 0 saturated carbocycles. The summed E-state index contributed by atoms with van der Waals surface area (Å²) in [6.07, 6.45) is 0. The smallest absolute Gasteiger partial charge is 0.164 e. The van der Waals surface area contributed by atoms with Crippen LogP contribution in [0.2, 0.25) is 0 Å². The van der Waals surface area contributed by atoms with Crippen molar-refractivity contribution < 1.29 is 4.42 Å². The first-order valence-electron chi connectivity index (χ1n) is 14.9. The van der Waals surface area contributed by atoms with Gasteiger partial charge in [0.25, 0.3) is 0 Å². The van der Waals surface area contributed by atoms with Crippen molar-refractivity contribution in [3.05, 3.63) is 139 Å². The highest BCUT2D eigenvalue weighted by Gasteiger charge is 2.17. The summed E-state index contributed by atoms with van der Waals surface area (Å²) in [5.74, 6) is 1.74. The van der Waals surface area contributed by atoms with Crippen LogP contribution in [0, 0.1) is 11.3 Å². The molecule has 9 rings (SSSR count). The monoisotopic (exact) mass is 606 g/mol. The standard InChI is InChI=1S/C40H22N4OS/c41-23-28-13-7-15-30-32-21-26(18-20-35(32)46-37(28)30)39-42-38(25-11-5-2-6-12-25)43-40(44-39)27-17-19-31-34(22-27)45-33-16-8-14-29(36(31)33)24-9-3-1-4-10-24/h1-22H. The van der Waals surface area contributed by atoms with E-state index in [-0.39, 0.29) is 0 Å². The molecule has 0 unspecified atom stereocenters. The summed E-state index contributed by atoms with van der Waals surface area (Å²) in [4.78, 5) is 14.9. The summed E-state index contributed by atoms with van der Waals surface area (Å²) in [5, 5.41) is 13.9. The van der Waals surface area contributed by atoms with Crippen molar-refractivity contribution in [1.82, 2.24) is 15.0 Å². The zero-order chi connectivity index (χ0) is 30.6. The number of nitrogens with zero attached hydrogens (tertiary/aromatic N) is 4. The summed E-state index contributed by atoms with van der Waals surface area (Å²) >= 11 is 1.63. The van der Waals surface area contributed by atoms with E-state index in [1.54, 1.807) is 11.3 Å². The lowest BCUT2D eigenvalue weighted by molar-refractivity contribution is 0.669. The predicted octanol–water partition coefficient (Wildman–Crippen LogP) is 10.7. The van der Waals surface area contributed by atoms with Crippen LogP contribution in [0.3, 0.4) is 0 Å². The Hall–Kier alpha value is -6.16. The zero-order valence-corrected chi connectivity index (χ0v) is 25.1. The first kappa shape index (κ1) is 26.3. The molecule has 0 fully saturated rings. The van der Waals surface area contributed by atoms with Crippen LogP contribution in [-0.2, 0) is 0 Å². The van der Waals surface area contributed by atoms with Gasteiger partial charge in [-0.1, -0.05) is 91.0 Å². The van der Waals surface area contributed by atoms with E-state index in [0.29, 0.717) is 23.0 Å². The number of aromatic nitrogens is 3. The van der Waals surface area contributed by atoms with Crippen LogP contribution >= 0.6 is 11.3 Å². The minimum absolute atomic E-state index is 0.566. The van der Waals surface area contributed by atoms with Crippen LogP contribution in [-0.4, -0.2) is 15.0 Å². The van der Waals surface area contributed by atoms with E-state index in [1.807, 2.05) is 72.8 Å². The highest BCUT2D eigenvalue weighted by atomic mass is 32.1. The molecule has 9 aromatic rings. The van der Waals surface area contributed by atoms with Crippen LogP contribution in [0.15, 0.2) is 138 Å². The Morgan fingerprint density at radius 1 is 0.522 bits per heavy atom. The SMILES string of the molecule is N#Cc1cccc2c1sc1ccc(-c3nc(-c4ccccc4)nc(-c4ccc5c(c4)oc4cccc(-c6ccccc6)c45)n3)cc12. The third kappa shape index (κ3) is 4.26. The molecule has 0 spiro atoms. The maximum absolute atomic E-state index is 9.67. The first-order chi connectivity index (χ1) is 22.7. The fourth-order valence-electron chi connectivity index (χ4n) is 6.20. The molecule has 3 heterocycles. The predicted molar refractivity (Wildman–Crippen MR) is 186 cm³/mol. The maximum Gasteiger partial charge on any atom is 0.164 e. The number of fused-ring (bicyclic) bond motifs is 6. The van der Waals surface area contributed by atoms with Crippen molar-refractivity contribution in [3.63, 3.8) is 0 Å². The third-order valence-corrected chi connectivity index (χ3v) is 9.60. The molecule has 0 aliphatic heterocycles. The van der Waals surface area contributed by atoms with Gasteiger partial charge in [-0.2, -0.15) is 5.26 Å². The van der Waals surface area contributed by atoms with Crippen molar-refractivity contribution in [2.45, 2.75) is 0 Å². The van der Waals surface area contributed by atoms with Crippen molar-refractivity contribution in [3.8, 4) is 51.4 Å². The largest absolute Gasteiger partial charge is 0.456 e. The summed E-state index contributed by atoms with van der Waals surface area (Å²) in [6, 6.07) is 47.2. The number of furan rings is 1. The van der Waals surface area contributed by atoms with Gasteiger partial charge in [-0.25, -0.2) is 15.0 Å². The molecule has 0 atom stereocenters. The van der Waals surface area contributed by atoms with E-state index in [2.05, 4.69) is 66.7 Å². The second kappa shape index (κ2) is 10.5. The van der Waals surface area contributed by atoms with E-state index < -0.39 is 0 Å². The van der Waals surface area contributed by atoms with Gasteiger partial charge >= 0.3 is 0 Å². The Balaban J connectivity index is 1.23. The van der Waals surface area contributed by atoms with E-state index in [0.717, 1.165) is 69.9 Å². The Labute approximate surface area is 267 Å². The average Bonchev–Trinajstić information content (AvgIpc) is 3.70. The highest BCUT2D eigenvalue weighted by Crippen LogP contribution is 2.40. The molecule has 0 saturated heterocycles. The van der Waals surface area contributed by atoms with Gasteiger partial charge in [0.15, 0.2) is 17.5 Å². The number of thiophene rings is 1. The number of hydrogen-bond donors (Lipinski definition) is 0. The molecular weight excluding hydrogens is 585 g/mol. The van der Waals surface area contributed by atoms with Crippen molar-refractivity contribution >= 4 is 53.4 Å². The van der Waals surface area contributed by atoms with Gasteiger partial charge in [0.1, 0.15) is 17.2 Å². The molecule has 0 aliphatic rings. The minimum atomic E-state index is 0.566. The Kier molecular flexibility index (Phi) is 5.98. The first-order valence-corrected chi connectivity index (χ1v) is 15.7. The second-order valence-electron chi connectivity index (χ2n) is 11.1. The van der Waals surface area contributed by atoms with Gasteiger partial charge in [0.05, 0.1) is 10.3 Å². The lowest BCUT2D eigenvalue weighted by atomic mass is 9.99. The molecule has 0 aliphatic carbocycles. The quantitative estimate of drug-likeness (QED) is 0.199. The number of nitriles is 1. The fourth-order valence-corrected chi connectivity index (χ4v) is 7.35. The van der Waals surface area contributed by atoms with Gasteiger partial charge in [-0.05, 0) is 53.6 Å². The van der Waals surface area contributed by atoms with E-state index >= 15 is 0 Å². The summed E-state index contributed by atoms with van der Waals surface area (Å²) < 4.78 is 8.52. The summed E-state index contributed by atoms with van der Waals surface area (Å²) in [5.41, 5.74) is 7.22. The molecule has 214 valence electrons. The molecule has 3 aromatic heterocycles. The van der Waals surface area contributed by atoms with Crippen LogP contribution in [0.5, 0.6) is 0 Å². The van der Waals surface area contributed by atoms with Crippen molar-refractivity contribution in [2.24, 2.45) is 0 Å². The van der Waals surface area contributed by atoms with Gasteiger partial charge in [-0.15, -0.1) is 11.3 Å². The molecule has 46 heavy (non-hydrogen) atoms. The lowest BCUT2D eigenvalue weighted by Crippen LogP contribution is -2.00. The number of hydrogen-bond acceptors (Lipinski definition) is 6. The number of benzene rings is 6. The zero-order valence-electron chi connectivity index (χ0n) is 24.3. The van der Waals surface area contributed by atoms with E-state index in [9.17, 15) is 5.26 Å². The molecule has 5 nitrogen and oxygen atoms in total. The average molecular weight is 607 g/mol. The van der Waals surface area contributed by atoms with Crippen LogP contribution in [0.25, 0.3) is 87.4 Å². The van der Waals surface area contributed by atoms with E-state index in [4.69, 9.17) is 19.4 Å². The summed E-state index contributed by atoms with van der Waals surface area (Å²) in [7, 11) is 0. The van der Waals surface area contributed by atoms with Gasteiger partial charge in [0, 0.05) is 42.9 Å². The molecule has 0 N–H and O–H groups in total. The molecule has 6 aromatic carbocycles. The molecule has 6 heteroatoms. The topological polar surface area (TPSA) is 75.6 Å². The number of rotatable bonds is 4. The normalized spacial score (nSPS) is 11.5. The molecule has 0 bridgehead atoms. The summed E-state index contributed by atoms with van der Waals surface area (Å²) in [6.45, 7) is 0. The minimum Gasteiger partial charge on any atom is -0.456 e.